The highest BCUT2D eigenvalue weighted by molar-refractivity contribution is 6.24. The fourth-order valence-corrected chi connectivity index (χ4v) is 7.24. The molecule has 2 heterocycles. The zero-order valence-corrected chi connectivity index (χ0v) is 28.8. The average molecular weight is 642 g/mol. The average Bonchev–Trinajstić information content (AvgIpc) is 3.35. The van der Waals surface area contributed by atoms with E-state index in [1.807, 2.05) is 52.0 Å². The molecule has 0 saturated carbocycles. The molecule has 0 aromatic heterocycles. The molecule has 248 valence electrons. The maximum absolute atomic E-state index is 14.1. The molecule has 2 aliphatic heterocycles. The fourth-order valence-electron chi connectivity index (χ4n) is 7.24. The van der Waals surface area contributed by atoms with Gasteiger partial charge in [0.1, 0.15) is 17.9 Å². The summed E-state index contributed by atoms with van der Waals surface area (Å²) in [4.78, 5) is 39.7. The number of nitrogens with zero attached hydrogens (tertiary/aromatic N) is 4. The largest absolute Gasteiger partial charge is 0.495 e. The third kappa shape index (κ3) is 5.57. The third-order valence-corrected chi connectivity index (χ3v) is 9.73. The predicted molar refractivity (Wildman–Crippen MR) is 184 cm³/mol. The van der Waals surface area contributed by atoms with Crippen molar-refractivity contribution in [2.45, 2.75) is 79.1 Å². The number of ketones is 1. The maximum atomic E-state index is 14.1. The highest BCUT2D eigenvalue weighted by Gasteiger charge is 2.51. The van der Waals surface area contributed by atoms with Crippen LogP contribution in [0.5, 0.6) is 0 Å². The first-order chi connectivity index (χ1) is 22.0. The minimum absolute atomic E-state index is 0.0573. The number of benzene rings is 2. The zero-order valence-electron chi connectivity index (χ0n) is 28.8. The summed E-state index contributed by atoms with van der Waals surface area (Å²) in [6.07, 6.45) is 5.39. The Morgan fingerprint density at radius 3 is 2.04 bits per heavy atom. The Morgan fingerprint density at radius 2 is 1.47 bits per heavy atom. The number of carbonyl (C=O) groups excluding carboxylic acids is 1. The Kier molecular flexibility index (Phi) is 8.77. The van der Waals surface area contributed by atoms with Gasteiger partial charge in [-0.1, -0.05) is 33.8 Å². The lowest BCUT2D eigenvalue weighted by atomic mass is 9.77. The van der Waals surface area contributed by atoms with Gasteiger partial charge >= 0.3 is 0 Å². The molecule has 0 bridgehead atoms. The SMILES string of the molecule is COC1=C(/C=C2\N(CCC(C)C)c3cccc([N+](=O)[O-])c3C2(C)C)C(=O)/C1=C/C1=[N+](CCC(C)C)c2cccc([N+](=O)[O-])c2C1(C)C. The van der Waals surface area contributed by atoms with E-state index < -0.39 is 10.8 Å². The van der Waals surface area contributed by atoms with E-state index in [2.05, 4.69) is 37.2 Å². The first-order valence-electron chi connectivity index (χ1n) is 16.3. The van der Waals surface area contributed by atoms with Gasteiger partial charge in [-0.25, -0.2) is 0 Å². The number of methoxy groups -OCH3 is 1. The van der Waals surface area contributed by atoms with Crippen LogP contribution in [0.1, 0.15) is 79.4 Å². The van der Waals surface area contributed by atoms with Gasteiger partial charge in [0, 0.05) is 48.4 Å². The normalized spacial score (nSPS) is 19.6. The van der Waals surface area contributed by atoms with Gasteiger partial charge in [-0.3, -0.25) is 25.0 Å². The van der Waals surface area contributed by atoms with Crippen LogP contribution in [0, 0.1) is 32.1 Å². The van der Waals surface area contributed by atoms with Crippen LogP contribution < -0.4 is 4.90 Å². The Morgan fingerprint density at radius 1 is 0.872 bits per heavy atom. The highest BCUT2D eigenvalue weighted by Crippen LogP contribution is 2.53. The molecule has 0 atom stereocenters. The van der Waals surface area contributed by atoms with Crippen LogP contribution in [0.2, 0.25) is 0 Å². The van der Waals surface area contributed by atoms with Crippen LogP contribution in [0.25, 0.3) is 0 Å². The van der Waals surface area contributed by atoms with Crippen molar-refractivity contribution in [2.24, 2.45) is 11.8 Å². The van der Waals surface area contributed by atoms with Gasteiger partial charge < -0.3 is 9.64 Å². The topological polar surface area (TPSA) is 119 Å². The predicted octanol–water partition coefficient (Wildman–Crippen LogP) is 8.06. The second-order valence-corrected chi connectivity index (χ2v) is 14.5. The third-order valence-electron chi connectivity index (χ3n) is 9.73. The van der Waals surface area contributed by atoms with Crippen LogP contribution in [-0.4, -0.2) is 46.1 Å². The molecule has 2 aromatic carbocycles. The summed E-state index contributed by atoms with van der Waals surface area (Å²) >= 11 is 0. The number of ether oxygens (including phenoxy) is 1. The summed E-state index contributed by atoms with van der Waals surface area (Å²) in [5, 5.41) is 24.2. The van der Waals surface area contributed by atoms with Crippen molar-refractivity contribution in [1.29, 1.82) is 0 Å². The molecule has 0 N–H and O–H groups in total. The van der Waals surface area contributed by atoms with Gasteiger partial charge in [0.2, 0.25) is 11.5 Å². The van der Waals surface area contributed by atoms with E-state index in [1.54, 1.807) is 12.1 Å². The molecule has 47 heavy (non-hydrogen) atoms. The lowest BCUT2D eigenvalue weighted by molar-refractivity contribution is -0.440. The Hall–Kier alpha value is -4.60. The first-order valence-corrected chi connectivity index (χ1v) is 16.3. The van der Waals surface area contributed by atoms with Gasteiger partial charge in [0.05, 0.1) is 44.8 Å². The fraction of sp³-hybridized carbons (Fsp3) is 0.459. The van der Waals surface area contributed by atoms with E-state index in [0.717, 1.165) is 35.6 Å². The van der Waals surface area contributed by atoms with Crippen molar-refractivity contribution in [3.05, 3.63) is 103 Å². The van der Waals surface area contributed by atoms with Crippen LogP contribution in [0.4, 0.5) is 22.7 Å². The number of anilines is 1. The van der Waals surface area contributed by atoms with E-state index in [1.165, 1.54) is 19.2 Å². The molecule has 3 aliphatic rings. The Bertz CT molecular complexity index is 1810. The molecule has 0 spiro atoms. The van der Waals surface area contributed by atoms with E-state index in [0.29, 0.717) is 53.0 Å². The van der Waals surface area contributed by atoms with Gasteiger partial charge in [0.15, 0.2) is 5.71 Å². The van der Waals surface area contributed by atoms with Crippen molar-refractivity contribution in [3.8, 4) is 0 Å². The van der Waals surface area contributed by atoms with Crippen LogP contribution >= 0.6 is 0 Å². The van der Waals surface area contributed by atoms with Gasteiger partial charge in [-0.2, -0.15) is 4.58 Å². The van der Waals surface area contributed by atoms with Gasteiger partial charge in [-0.15, -0.1) is 0 Å². The van der Waals surface area contributed by atoms with Crippen molar-refractivity contribution < 1.29 is 24.0 Å². The molecule has 10 nitrogen and oxygen atoms in total. The number of hydrogen-bond donors (Lipinski definition) is 0. The molecule has 10 heteroatoms. The van der Waals surface area contributed by atoms with E-state index in [4.69, 9.17) is 4.74 Å². The first kappa shape index (κ1) is 33.8. The van der Waals surface area contributed by atoms with Crippen LogP contribution in [0.3, 0.4) is 0 Å². The van der Waals surface area contributed by atoms with Crippen molar-refractivity contribution in [3.63, 3.8) is 0 Å². The number of fused-ring (bicyclic) bond motifs is 2. The van der Waals surface area contributed by atoms with Crippen LogP contribution in [0.15, 0.2) is 71.2 Å². The van der Waals surface area contributed by atoms with Crippen molar-refractivity contribution in [1.82, 2.24) is 0 Å². The van der Waals surface area contributed by atoms with Gasteiger partial charge in [0.25, 0.3) is 11.4 Å². The standard InChI is InChI=1S/C37H45N4O6/c1-22(2)16-18-38-26-12-10-14-28(40(43)44)32(26)36(5,6)30(38)20-24-34(42)25(35(24)47-9)21-31-37(7,8)33-27(39(31)19-17-23(3)4)13-11-15-29(33)41(45)46/h10-15,20-23H,16-19H2,1-9H3/q+1. The highest BCUT2D eigenvalue weighted by atomic mass is 16.6. The quantitative estimate of drug-likeness (QED) is 0.105. The summed E-state index contributed by atoms with van der Waals surface area (Å²) in [6.45, 7) is 17.7. The van der Waals surface area contributed by atoms with Crippen LogP contribution in [-0.2, 0) is 20.4 Å². The van der Waals surface area contributed by atoms with Crippen molar-refractivity contribution in [2.75, 3.05) is 25.1 Å². The maximum Gasteiger partial charge on any atom is 0.280 e. The molecule has 0 saturated heterocycles. The molecule has 1 aliphatic carbocycles. The lowest BCUT2D eigenvalue weighted by Gasteiger charge is -2.30. The molecule has 0 fully saturated rings. The summed E-state index contributed by atoms with van der Waals surface area (Å²) in [6, 6.07) is 10.3. The number of allylic oxidation sites excluding steroid dienone is 5. The van der Waals surface area contributed by atoms with E-state index >= 15 is 0 Å². The minimum Gasteiger partial charge on any atom is -0.495 e. The van der Waals surface area contributed by atoms with E-state index in [9.17, 15) is 25.0 Å². The second kappa shape index (κ2) is 12.2. The second-order valence-electron chi connectivity index (χ2n) is 14.5. The number of Topliss-reactive ketones (excluding diaryl/α,β-unsaturated/α-hetero) is 1. The lowest BCUT2D eigenvalue weighted by Crippen LogP contribution is -2.33. The summed E-state index contributed by atoms with van der Waals surface area (Å²) in [7, 11) is 1.53. The summed E-state index contributed by atoms with van der Waals surface area (Å²) < 4.78 is 7.97. The number of carbonyl (C=O) groups is 1. The number of hydrogen-bond acceptors (Lipinski definition) is 7. The number of rotatable bonds is 11. The Balaban J connectivity index is 1.66. The molecular formula is C37H45N4O6+. The zero-order chi connectivity index (χ0) is 34.6. The monoisotopic (exact) mass is 641 g/mol. The summed E-state index contributed by atoms with van der Waals surface area (Å²) in [5.74, 6) is 1.05. The smallest absolute Gasteiger partial charge is 0.280 e. The number of nitro benzene ring substituents is 2. The number of nitro groups is 2. The minimum atomic E-state index is -0.752. The molecule has 0 radical (unpaired) electrons. The Labute approximate surface area is 276 Å². The molecule has 0 unspecified atom stereocenters. The van der Waals surface area contributed by atoms with Gasteiger partial charge in [-0.05, 0) is 64.2 Å². The van der Waals surface area contributed by atoms with Crippen molar-refractivity contribution >= 4 is 34.2 Å². The van der Waals surface area contributed by atoms with E-state index in [-0.39, 0.29) is 27.0 Å². The molecule has 2 aromatic rings. The summed E-state index contributed by atoms with van der Waals surface area (Å²) in [5.41, 5.74) is 3.84. The molecule has 0 amide bonds. The molecule has 5 rings (SSSR count). The molecular weight excluding hydrogens is 596 g/mol.